The Balaban J connectivity index is 1.62. The quantitative estimate of drug-likeness (QED) is 0.843. The van der Waals surface area contributed by atoms with Gasteiger partial charge in [-0.3, -0.25) is 5.10 Å². The molecular weight excluding hydrogens is 230 g/mol. The van der Waals surface area contributed by atoms with Crippen molar-refractivity contribution in [2.75, 3.05) is 5.73 Å². The lowest BCUT2D eigenvalue weighted by molar-refractivity contribution is 0.372. The largest absolute Gasteiger partial charge is 0.382 e. The van der Waals surface area contributed by atoms with Gasteiger partial charge in [0.05, 0.1) is 0 Å². The van der Waals surface area contributed by atoms with E-state index in [2.05, 4.69) is 20.3 Å². The molecule has 0 saturated heterocycles. The first-order chi connectivity index (χ1) is 8.79. The fourth-order valence-corrected chi connectivity index (χ4v) is 3.50. The summed E-state index contributed by atoms with van der Waals surface area (Å²) in [5, 5.41) is 10.8. The standard InChI is InChI=1S/C12H15N5O/c13-10-5-9(15-16-10)12-14-11(17-18-12)8-4-6-1-2-7(8)3-6/h5-8H,1-4H2,(H3,13,15,16). The molecule has 2 heterocycles. The molecular formula is C12H15N5O. The highest BCUT2D eigenvalue weighted by molar-refractivity contribution is 5.51. The lowest BCUT2D eigenvalue weighted by Gasteiger charge is -2.17. The Morgan fingerprint density at radius 2 is 2.28 bits per heavy atom. The van der Waals surface area contributed by atoms with Crippen LogP contribution in [0.1, 0.15) is 37.4 Å². The van der Waals surface area contributed by atoms with E-state index in [9.17, 15) is 0 Å². The lowest BCUT2D eigenvalue weighted by Crippen LogP contribution is -2.09. The number of fused-ring (bicyclic) bond motifs is 2. The van der Waals surface area contributed by atoms with Crippen LogP contribution >= 0.6 is 0 Å². The predicted molar refractivity (Wildman–Crippen MR) is 64.5 cm³/mol. The van der Waals surface area contributed by atoms with E-state index in [1.165, 1.54) is 25.7 Å². The highest BCUT2D eigenvalue weighted by Crippen LogP contribution is 2.52. The number of nitrogens with zero attached hydrogens (tertiary/aromatic N) is 3. The summed E-state index contributed by atoms with van der Waals surface area (Å²) in [7, 11) is 0. The molecule has 0 spiro atoms. The highest BCUT2D eigenvalue weighted by atomic mass is 16.5. The monoisotopic (exact) mass is 245 g/mol. The molecule has 0 amide bonds. The summed E-state index contributed by atoms with van der Waals surface area (Å²) in [6.45, 7) is 0. The number of aromatic amines is 1. The third-order valence-corrected chi connectivity index (χ3v) is 4.34. The average molecular weight is 245 g/mol. The normalized spacial score (nSPS) is 30.1. The van der Waals surface area contributed by atoms with Crippen LogP contribution in [0.2, 0.25) is 0 Å². The van der Waals surface area contributed by atoms with Gasteiger partial charge in [0.2, 0.25) is 0 Å². The van der Waals surface area contributed by atoms with Gasteiger partial charge < -0.3 is 10.3 Å². The second-order valence-electron chi connectivity index (χ2n) is 5.45. The zero-order valence-electron chi connectivity index (χ0n) is 9.97. The van der Waals surface area contributed by atoms with Crippen molar-refractivity contribution < 1.29 is 4.52 Å². The van der Waals surface area contributed by atoms with Crippen molar-refractivity contribution in [3.05, 3.63) is 11.9 Å². The molecule has 2 aromatic rings. The molecule has 3 unspecified atom stereocenters. The fraction of sp³-hybridized carbons (Fsp3) is 0.583. The number of nitrogen functional groups attached to an aromatic ring is 1. The van der Waals surface area contributed by atoms with Crippen molar-refractivity contribution in [3.63, 3.8) is 0 Å². The minimum absolute atomic E-state index is 0.435. The van der Waals surface area contributed by atoms with Crippen molar-refractivity contribution in [1.82, 2.24) is 20.3 Å². The van der Waals surface area contributed by atoms with Gasteiger partial charge in [0.1, 0.15) is 11.5 Å². The van der Waals surface area contributed by atoms with Gasteiger partial charge in [-0.1, -0.05) is 11.6 Å². The Labute approximate surface area is 104 Å². The third kappa shape index (κ3) is 1.45. The fourth-order valence-electron chi connectivity index (χ4n) is 3.50. The molecule has 94 valence electrons. The maximum atomic E-state index is 5.56. The van der Waals surface area contributed by atoms with Gasteiger partial charge in [-0.2, -0.15) is 10.1 Å². The van der Waals surface area contributed by atoms with Crippen molar-refractivity contribution in [3.8, 4) is 11.6 Å². The van der Waals surface area contributed by atoms with Crippen LogP contribution in [0.4, 0.5) is 5.82 Å². The Morgan fingerprint density at radius 1 is 1.33 bits per heavy atom. The molecule has 2 aliphatic rings. The molecule has 3 atom stereocenters. The van der Waals surface area contributed by atoms with Crippen LogP contribution in [0.15, 0.2) is 10.6 Å². The van der Waals surface area contributed by atoms with E-state index in [4.69, 9.17) is 10.3 Å². The van der Waals surface area contributed by atoms with E-state index in [0.717, 1.165) is 17.7 Å². The Kier molecular flexibility index (Phi) is 2.00. The van der Waals surface area contributed by atoms with Crippen molar-refractivity contribution in [2.45, 2.75) is 31.6 Å². The van der Waals surface area contributed by atoms with Crippen LogP contribution in [-0.4, -0.2) is 20.3 Å². The molecule has 2 aromatic heterocycles. The number of H-pyrrole nitrogens is 1. The van der Waals surface area contributed by atoms with Gasteiger partial charge in [0.15, 0.2) is 5.82 Å². The molecule has 6 heteroatoms. The number of rotatable bonds is 2. The summed E-state index contributed by atoms with van der Waals surface area (Å²) in [5.41, 5.74) is 6.25. The van der Waals surface area contributed by atoms with Gasteiger partial charge >= 0.3 is 0 Å². The molecule has 18 heavy (non-hydrogen) atoms. The Hall–Kier alpha value is -1.85. The van der Waals surface area contributed by atoms with Crippen LogP contribution in [-0.2, 0) is 0 Å². The third-order valence-electron chi connectivity index (χ3n) is 4.34. The molecule has 0 aromatic carbocycles. The Morgan fingerprint density at radius 3 is 2.94 bits per heavy atom. The zero-order chi connectivity index (χ0) is 12.1. The Bertz CT molecular complexity index is 575. The van der Waals surface area contributed by atoms with Crippen molar-refractivity contribution in [1.29, 1.82) is 0 Å². The topological polar surface area (TPSA) is 93.6 Å². The first-order valence-electron chi connectivity index (χ1n) is 6.44. The average Bonchev–Trinajstić information content (AvgIpc) is 3.12. The highest BCUT2D eigenvalue weighted by Gasteiger charge is 2.42. The molecule has 6 nitrogen and oxygen atoms in total. The number of nitrogens with one attached hydrogen (secondary N) is 1. The van der Waals surface area contributed by atoms with Crippen LogP contribution in [0.5, 0.6) is 0 Å². The molecule has 3 N–H and O–H groups in total. The smallest absolute Gasteiger partial charge is 0.276 e. The minimum Gasteiger partial charge on any atom is -0.382 e. The number of nitrogens with two attached hydrogens (primary N) is 1. The summed E-state index contributed by atoms with van der Waals surface area (Å²) in [4.78, 5) is 4.49. The van der Waals surface area contributed by atoms with E-state index in [-0.39, 0.29) is 0 Å². The molecule has 4 rings (SSSR count). The summed E-state index contributed by atoms with van der Waals surface area (Å²) in [6.07, 6.45) is 5.25. The van der Waals surface area contributed by atoms with E-state index < -0.39 is 0 Å². The van der Waals surface area contributed by atoms with Crippen molar-refractivity contribution >= 4 is 5.82 Å². The summed E-state index contributed by atoms with van der Waals surface area (Å²) >= 11 is 0. The number of anilines is 1. The zero-order valence-corrected chi connectivity index (χ0v) is 9.97. The molecule has 2 bridgehead atoms. The van der Waals surface area contributed by atoms with Crippen LogP contribution in [0.25, 0.3) is 11.6 Å². The summed E-state index contributed by atoms with van der Waals surface area (Å²) in [5.74, 6) is 3.89. The molecule has 2 saturated carbocycles. The first kappa shape index (κ1) is 10.1. The summed E-state index contributed by atoms with van der Waals surface area (Å²) in [6, 6.07) is 1.71. The first-order valence-corrected chi connectivity index (χ1v) is 6.44. The van der Waals surface area contributed by atoms with E-state index in [1.54, 1.807) is 6.07 Å². The second kappa shape index (κ2) is 3.57. The number of hydrogen-bond donors (Lipinski definition) is 2. The van der Waals surface area contributed by atoms with Gasteiger partial charge in [-0.25, -0.2) is 0 Å². The molecule has 2 fully saturated rings. The van der Waals surface area contributed by atoms with E-state index >= 15 is 0 Å². The maximum Gasteiger partial charge on any atom is 0.276 e. The van der Waals surface area contributed by atoms with E-state index in [1.807, 2.05) is 0 Å². The second-order valence-corrected chi connectivity index (χ2v) is 5.45. The molecule has 2 aliphatic carbocycles. The lowest BCUT2D eigenvalue weighted by atomic mass is 9.88. The van der Waals surface area contributed by atoms with E-state index in [0.29, 0.717) is 23.3 Å². The number of hydrogen-bond acceptors (Lipinski definition) is 5. The minimum atomic E-state index is 0.435. The molecule has 0 aliphatic heterocycles. The van der Waals surface area contributed by atoms with Crippen molar-refractivity contribution in [2.24, 2.45) is 11.8 Å². The summed E-state index contributed by atoms with van der Waals surface area (Å²) < 4.78 is 5.30. The maximum absolute atomic E-state index is 5.56. The number of aromatic nitrogens is 4. The van der Waals surface area contributed by atoms with Gasteiger partial charge in [0.25, 0.3) is 5.89 Å². The SMILES string of the molecule is Nc1cc(-c2nc(C3CC4CCC3C4)no2)[nH]n1. The van der Waals surface area contributed by atoms with Gasteiger partial charge in [-0.15, -0.1) is 0 Å². The van der Waals surface area contributed by atoms with Crippen LogP contribution in [0, 0.1) is 11.8 Å². The van der Waals surface area contributed by atoms with Crippen LogP contribution in [0.3, 0.4) is 0 Å². The van der Waals surface area contributed by atoms with Crippen LogP contribution < -0.4 is 5.73 Å². The molecule has 0 radical (unpaired) electrons. The van der Waals surface area contributed by atoms with Gasteiger partial charge in [0, 0.05) is 12.0 Å². The van der Waals surface area contributed by atoms with Gasteiger partial charge in [-0.05, 0) is 31.1 Å². The predicted octanol–water partition coefficient (Wildman–Crippen LogP) is 1.95.